The molecule has 1 aliphatic rings. The van der Waals surface area contributed by atoms with E-state index in [0.29, 0.717) is 12.6 Å². The van der Waals surface area contributed by atoms with Crippen LogP contribution in [0.2, 0.25) is 0 Å². The minimum atomic E-state index is -0.638. The van der Waals surface area contributed by atoms with E-state index in [1.165, 1.54) is 20.0 Å². The van der Waals surface area contributed by atoms with Crippen LogP contribution in [-0.4, -0.2) is 49.2 Å². The van der Waals surface area contributed by atoms with Crippen molar-refractivity contribution in [1.82, 2.24) is 10.2 Å². The second-order valence-electron chi connectivity index (χ2n) is 6.12. The smallest absolute Gasteiger partial charge is 0.327 e. The molecule has 1 saturated carbocycles. The van der Waals surface area contributed by atoms with Crippen LogP contribution in [0.4, 0.5) is 0 Å². The number of rotatable bonds is 7. The van der Waals surface area contributed by atoms with E-state index in [9.17, 15) is 4.79 Å². The number of nitrogens with zero attached hydrogens (tertiary/aromatic N) is 1. The molecule has 18 heavy (non-hydrogen) atoms. The van der Waals surface area contributed by atoms with Crippen LogP contribution in [0, 0.1) is 5.92 Å². The third-order valence-corrected chi connectivity index (χ3v) is 3.81. The highest BCUT2D eigenvalue weighted by Gasteiger charge is 2.39. The molecular weight excluding hydrogens is 228 g/mol. The van der Waals surface area contributed by atoms with Gasteiger partial charge in [-0.1, -0.05) is 0 Å². The van der Waals surface area contributed by atoms with E-state index in [2.05, 4.69) is 24.2 Å². The van der Waals surface area contributed by atoms with Gasteiger partial charge in [-0.15, -0.1) is 0 Å². The maximum absolute atomic E-state index is 12.0. The predicted molar refractivity (Wildman–Crippen MR) is 73.5 cm³/mol. The molecule has 4 heteroatoms. The highest BCUT2D eigenvalue weighted by molar-refractivity contribution is 5.80. The van der Waals surface area contributed by atoms with Crippen molar-refractivity contribution in [2.24, 2.45) is 5.92 Å². The maximum Gasteiger partial charge on any atom is 0.327 e. The third-order valence-electron chi connectivity index (χ3n) is 3.81. The monoisotopic (exact) mass is 256 g/mol. The number of esters is 1. The lowest BCUT2D eigenvalue weighted by atomic mass is 9.99. The van der Waals surface area contributed by atoms with Crippen LogP contribution in [-0.2, 0) is 9.53 Å². The van der Waals surface area contributed by atoms with Crippen LogP contribution in [0.3, 0.4) is 0 Å². The molecule has 0 amide bonds. The summed E-state index contributed by atoms with van der Waals surface area (Å²) in [5.74, 6) is 0.613. The van der Waals surface area contributed by atoms with Gasteiger partial charge >= 0.3 is 5.97 Å². The standard InChI is InChI=1S/C14H28N2O2/c1-10(2)15-14(4,13(17)18-6)9-16(5)11(3)12-7-8-12/h10-12,15H,7-9H2,1-6H3. The minimum absolute atomic E-state index is 0.189. The molecule has 1 fully saturated rings. The fourth-order valence-corrected chi connectivity index (χ4v) is 2.61. The number of carbonyl (C=O) groups excluding carboxylic acids is 1. The molecule has 2 unspecified atom stereocenters. The molecule has 0 bridgehead atoms. The van der Waals surface area contributed by atoms with E-state index >= 15 is 0 Å². The molecule has 1 rings (SSSR count). The predicted octanol–water partition coefficient (Wildman–Crippen LogP) is 1.65. The van der Waals surface area contributed by atoms with Gasteiger partial charge < -0.3 is 9.64 Å². The third kappa shape index (κ3) is 3.95. The normalized spacial score (nSPS) is 20.9. The SMILES string of the molecule is COC(=O)C(C)(CN(C)C(C)C1CC1)NC(C)C. The molecule has 1 aliphatic carbocycles. The van der Waals surface area contributed by atoms with Gasteiger partial charge in [0.05, 0.1) is 7.11 Å². The van der Waals surface area contributed by atoms with Crippen molar-refractivity contribution in [3.05, 3.63) is 0 Å². The molecule has 2 atom stereocenters. The molecule has 0 aromatic carbocycles. The Bertz CT molecular complexity index is 290. The Balaban J connectivity index is 2.67. The van der Waals surface area contributed by atoms with Crippen LogP contribution in [0.1, 0.15) is 40.5 Å². The molecule has 0 aliphatic heterocycles. The summed E-state index contributed by atoms with van der Waals surface area (Å²) in [4.78, 5) is 14.3. The first-order valence-corrected chi connectivity index (χ1v) is 6.86. The van der Waals surface area contributed by atoms with Gasteiger partial charge in [0.1, 0.15) is 5.54 Å². The second kappa shape index (κ2) is 6.02. The summed E-state index contributed by atoms with van der Waals surface area (Å²) in [7, 11) is 3.54. The van der Waals surface area contributed by atoms with E-state index in [1.54, 1.807) is 0 Å². The van der Waals surface area contributed by atoms with E-state index < -0.39 is 5.54 Å². The Morgan fingerprint density at radius 3 is 2.39 bits per heavy atom. The van der Waals surface area contributed by atoms with Crippen molar-refractivity contribution >= 4 is 5.97 Å². The lowest BCUT2D eigenvalue weighted by molar-refractivity contribution is -0.149. The average molecular weight is 256 g/mol. The first-order valence-electron chi connectivity index (χ1n) is 6.86. The van der Waals surface area contributed by atoms with Crippen LogP contribution < -0.4 is 5.32 Å². The zero-order valence-electron chi connectivity index (χ0n) is 12.6. The van der Waals surface area contributed by atoms with Crippen LogP contribution in [0.5, 0.6) is 0 Å². The fourth-order valence-electron chi connectivity index (χ4n) is 2.61. The molecular formula is C14H28N2O2. The van der Waals surface area contributed by atoms with Gasteiger partial charge in [-0.2, -0.15) is 0 Å². The summed E-state index contributed by atoms with van der Waals surface area (Å²) >= 11 is 0. The highest BCUT2D eigenvalue weighted by Crippen LogP contribution is 2.35. The number of carbonyl (C=O) groups is 1. The number of methoxy groups -OCH3 is 1. The molecule has 0 heterocycles. The van der Waals surface area contributed by atoms with Crippen molar-refractivity contribution in [1.29, 1.82) is 0 Å². The van der Waals surface area contributed by atoms with Crippen LogP contribution in [0.15, 0.2) is 0 Å². The van der Waals surface area contributed by atoms with E-state index in [4.69, 9.17) is 4.74 Å². The molecule has 0 radical (unpaired) electrons. The van der Waals surface area contributed by atoms with Gasteiger partial charge in [0.25, 0.3) is 0 Å². The fraction of sp³-hybridized carbons (Fsp3) is 0.929. The maximum atomic E-state index is 12.0. The lowest BCUT2D eigenvalue weighted by Crippen LogP contribution is -2.59. The summed E-state index contributed by atoms with van der Waals surface area (Å²) in [6, 6.07) is 0.779. The van der Waals surface area contributed by atoms with Crippen molar-refractivity contribution < 1.29 is 9.53 Å². The Hall–Kier alpha value is -0.610. The molecule has 0 spiro atoms. The van der Waals surface area contributed by atoms with Crippen LogP contribution >= 0.6 is 0 Å². The molecule has 0 aromatic heterocycles. The Morgan fingerprint density at radius 2 is 2.00 bits per heavy atom. The van der Waals surface area contributed by atoms with E-state index in [0.717, 1.165) is 5.92 Å². The van der Waals surface area contributed by atoms with E-state index in [-0.39, 0.29) is 12.0 Å². The van der Waals surface area contributed by atoms with Gasteiger partial charge in [0, 0.05) is 18.6 Å². The quantitative estimate of drug-likeness (QED) is 0.703. The summed E-state index contributed by atoms with van der Waals surface area (Å²) in [5, 5.41) is 3.34. The van der Waals surface area contributed by atoms with Gasteiger partial charge in [0.2, 0.25) is 0 Å². The summed E-state index contributed by atoms with van der Waals surface area (Å²) < 4.78 is 4.94. The minimum Gasteiger partial charge on any atom is -0.468 e. The number of nitrogens with one attached hydrogen (secondary N) is 1. The van der Waals surface area contributed by atoms with Gasteiger partial charge in [-0.05, 0) is 53.5 Å². The first-order chi connectivity index (χ1) is 8.30. The van der Waals surface area contributed by atoms with Gasteiger partial charge in [0.15, 0.2) is 0 Å². The molecule has 0 aromatic rings. The summed E-state index contributed by atoms with van der Waals surface area (Å²) in [5.41, 5.74) is -0.638. The summed E-state index contributed by atoms with van der Waals surface area (Å²) in [6.07, 6.45) is 2.64. The molecule has 106 valence electrons. The molecule has 0 saturated heterocycles. The zero-order chi connectivity index (χ0) is 13.9. The second-order valence-corrected chi connectivity index (χ2v) is 6.12. The Morgan fingerprint density at radius 1 is 1.44 bits per heavy atom. The highest BCUT2D eigenvalue weighted by atomic mass is 16.5. The molecule has 1 N–H and O–H groups in total. The molecule has 4 nitrogen and oxygen atoms in total. The van der Waals surface area contributed by atoms with Gasteiger partial charge in [-0.3, -0.25) is 10.1 Å². The van der Waals surface area contributed by atoms with Crippen molar-refractivity contribution in [3.63, 3.8) is 0 Å². The van der Waals surface area contributed by atoms with E-state index in [1.807, 2.05) is 20.8 Å². The van der Waals surface area contributed by atoms with Crippen molar-refractivity contribution in [3.8, 4) is 0 Å². The Kier molecular flexibility index (Phi) is 5.17. The zero-order valence-corrected chi connectivity index (χ0v) is 12.6. The van der Waals surface area contributed by atoms with Crippen molar-refractivity contribution in [2.75, 3.05) is 20.7 Å². The summed E-state index contributed by atoms with van der Waals surface area (Å²) in [6.45, 7) is 8.94. The number of ether oxygens (including phenoxy) is 1. The largest absolute Gasteiger partial charge is 0.468 e. The average Bonchev–Trinajstić information content (AvgIpc) is 3.09. The number of likely N-dealkylation sites (N-methyl/N-ethyl adjacent to an activating group) is 1. The topological polar surface area (TPSA) is 41.6 Å². The number of hydrogen-bond donors (Lipinski definition) is 1. The number of hydrogen-bond acceptors (Lipinski definition) is 4. The van der Waals surface area contributed by atoms with Gasteiger partial charge in [-0.25, -0.2) is 0 Å². The lowest BCUT2D eigenvalue weighted by Gasteiger charge is -2.36. The Labute approximate surface area is 111 Å². The van der Waals surface area contributed by atoms with Crippen molar-refractivity contribution in [2.45, 2.75) is 58.2 Å². The first kappa shape index (κ1) is 15.4. The van der Waals surface area contributed by atoms with Crippen LogP contribution in [0.25, 0.3) is 0 Å².